The number of carbonyl (C=O) groups is 1. The number of ether oxygens (including phenoxy) is 1. The van der Waals surface area contributed by atoms with Gasteiger partial charge in [0.1, 0.15) is 13.7 Å². The van der Waals surface area contributed by atoms with E-state index in [4.69, 9.17) is 39.5 Å². The highest BCUT2D eigenvalue weighted by Crippen LogP contribution is 2.45. The molecule has 0 radical (unpaired) electrons. The van der Waals surface area contributed by atoms with Crippen LogP contribution in [0.25, 0.3) is 0 Å². The second-order valence-corrected chi connectivity index (χ2v) is 4.49. The molecule has 0 unspecified atom stereocenters. The predicted molar refractivity (Wildman–Crippen MR) is 50.7 cm³/mol. The van der Waals surface area contributed by atoms with Gasteiger partial charge in [-0.2, -0.15) is 0 Å². The van der Waals surface area contributed by atoms with Crippen LogP contribution in [-0.4, -0.2) is 5.97 Å². The first kappa shape index (κ1) is 10.1. The number of halogens is 3. The van der Waals surface area contributed by atoms with Crippen molar-refractivity contribution in [1.82, 2.24) is 0 Å². The van der Waals surface area contributed by atoms with Crippen LogP contribution in [0.1, 0.15) is 6.92 Å². The fourth-order valence-electron chi connectivity index (χ4n) is 0.574. The molecule has 0 spiro atoms. The van der Waals surface area contributed by atoms with E-state index >= 15 is 0 Å². The zero-order valence-corrected chi connectivity index (χ0v) is 8.94. The third-order valence-electron chi connectivity index (χ3n) is 0.975. The van der Waals surface area contributed by atoms with Crippen molar-refractivity contribution in [2.24, 2.45) is 0 Å². The highest BCUT2D eigenvalue weighted by molar-refractivity contribution is 7.21. The van der Waals surface area contributed by atoms with Gasteiger partial charge in [0.25, 0.3) is 0 Å². The minimum absolute atomic E-state index is 0.140. The van der Waals surface area contributed by atoms with E-state index in [0.29, 0.717) is 4.34 Å². The Morgan fingerprint density at radius 1 is 1.33 bits per heavy atom. The van der Waals surface area contributed by atoms with Gasteiger partial charge in [-0.15, -0.1) is 11.3 Å². The molecule has 66 valence electrons. The average molecular weight is 246 g/mol. The van der Waals surface area contributed by atoms with Gasteiger partial charge >= 0.3 is 5.97 Å². The minimum atomic E-state index is -0.478. The molecule has 0 aromatic carbocycles. The maximum Gasteiger partial charge on any atom is 0.308 e. The molecule has 0 saturated carbocycles. The third-order valence-corrected chi connectivity index (χ3v) is 3.12. The van der Waals surface area contributed by atoms with E-state index in [1.54, 1.807) is 0 Å². The van der Waals surface area contributed by atoms with E-state index < -0.39 is 5.97 Å². The largest absolute Gasteiger partial charge is 0.423 e. The number of carbonyl (C=O) groups excluding carboxylic acids is 1. The van der Waals surface area contributed by atoms with Crippen molar-refractivity contribution >= 4 is 52.1 Å². The zero-order chi connectivity index (χ0) is 9.30. The zero-order valence-electron chi connectivity index (χ0n) is 5.86. The Morgan fingerprint density at radius 3 is 2.25 bits per heavy atom. The summed E-state index contributed by atoms with van der Waals surface area (Å²) in [6, 6.07) is 0. The molecule has 0 amide bonds. The first-order chi connectivity index (χ1) is 5.52. The number of esters is 1. The molecule has 0 fully saturated rings. The molecule has 0 N–H and O–H groups in total. The number of thiophene rings is 1. The molecule has 0 saturated heterocycles. The maximum atomic E-state index is 10.5. The van der Waals surface area contributed by atoms with Gasteiger partial charge in [-0.3, -0.25) is 4.79 Å². The predicted octanol–water partition coefficient (Wildman–Crippen LogP) is 3.63. The molecule has 2 nitrogen and oxygen atoms in total. The lowest BCUT2D eigenvalue weighted by molar-refractivity contribution is -0.131. The maximum absolute atomic E-state index is 10.5. The van der Waals surface area contributed by atoms with E-state index in [9.17, 15) is 4.79 Å². The molecule has 1 aromatic heterocycles. The van der Waals surface area contributed by atoms with Gasteiger partial charge in [-0.05, 0) is 0 Å². The van der Waals surface area contributed by atoms with Crippen molar-refractivity contribution in [1.29, 1.82) is 0 Å². The third kappa shape index (κ3) is 2.04. The standard InChI is InChI=1S/C6H3Cl3O2S/c1-2(10)11-4-3(7)5(8)12-6(4)9/h1H3. The van der Waals surface area contributed by atoms with Crippen molar-refractivity contribution in [3.05, 3.63) is 13.7 Å². The summed E-state index contributed by atoms with van der Waals surface area (Å²) in [7, 11) is 0. The Hall–Kier alpha value is 0.0400. The molecule has 6 heteroatoms. The van der Waals surface area contributed by atoms with Crippen LogP contribution in [-0.2, 0) is 4.79 Å². The molecule has 12 heavy (non-hydrogen) atoms. The highest BCUT2D eigenvalue weighted by atomic mass is 35.5. The van der Waals surface area contributed by atoms with Gasteiger partial charge in [-0.1, -0.05) is 34.8 Å². The molecular weight excluding hydrogens is 242 g/mol. The lowest BCUT2D eigenvalue weighted by Crippen LogP contribution is -2.00. The number of rotatable bonds is 1. The van der Waals surface area contributed by atoms with E-state index in [2.05, 4.69) is 0 Å². The summed E-state index contributed by atoms with van der Waals surface area (Å²) in [6.45, 7) is 1.26. The summed E-state index contributed by atoms with van der Waals surface area (Å²) in [5.41, 5.74) is 0. The van der Waals surface area contributed by atoms with Crippen molar-refractivity contribution < 1.29 is 9.53 Å². The topological polar surface area (TPSA) is 26.3 Å². The van der Waals surface area contributed by atoms with Crippen molar-refractivity contribution in [2.45, 2.75) is 6.92 Å². The highest BCUT2D eigenvalue weighted by Gasteiger charge is 2.16. The molecule has 0 atom stereocenters. The van der Waals surface area contributed by atoms with Crippen LogP contribution in [0.2, 0.25) is 13.7 Å². The summed E-state index contributed by atoms with van der Waals surface area (Å²) in [4.78, 5) is 10.5. The van der Waals surface area contributed by atoms with Gasteiger partial charge in [0.05, 0.1) is 0 Å². The summed E-state index contributed by atoms with van der Waals surface area (Å²) in [5, 5.41) is 0.182. The Kier molecular flexibility index (Phi) is 3.23. The molecule has 0 aliphatic carbocycles. The van der Waals surface area contributed by atoms with Crippen LogP contribution in [0.15, 0.2) is 0 Å². The quantitative estimate of drug-likeness (QED) is 0.706. The van der Waals surface area contributed by atoms with Crippen LogP contribution < -0.4 is 4.74 Å². The number of hydrogen-bond acceptors (Lipinski definition) is 3. The molecule has 1 heterocycles. The normalized spacial score (nSPS) is 10.0. The SMILES string of the molecule is CC(=O)Oc1c(Cl)sc(Cl)c1Cl. The smallest absolute Gasteiger partial charge is 0.308 e. The van der Waals surface area contributed by atoms with Crippen molar-refractivity contribution in [3.8, 4) is 5.75 Å². The average Bonchev–Trinajstić information content (AvgIpc) is 2.16. The van der Waals surface area contributed by atoms with Crippen molar-refractivity contribution in [3.63, 3.8) is 0 Å². The van der Waals surface area contributed by atoms with Crippen LogP contribution in [0, 0.1) is 0 Å². The van der Waals surface area contributed by atoms with Crippen LogP contribution in [0.4, 0.5) is 0 Å². The van der Waals surface area contributed by atoms with E-state index in [0.717, 1.165) is 11.3 Å². The lowest BCUT2D eigenvalue weighted by Gasteiger charge is -1.97. The van der Waals surface area contributed by atoms with E-state index in [1.165, 1.54) is 6.92 Å². The molecule has 0 aliphatic heterocycles. The number of hydrogen-bond donors (Lipinski definition) is 0. The summed E-state index contributed by atoms with van der Waals surface area (Å²) in [6.07, 6.45) is 0. The molecular formula is C6H3Cl3O2S. The Morgan fingerprint density at radius 2 is 1.92 bits per heavy atom. The first-order valence-corrected chi connectivity index (χ1v) is 4.79. The van der Waals surface area contributed by atoms with Gasteiger partial charge in [0.2, 0.25) is 0 Å². The summed E-state index contributed by atoms with van der Waals surface area (Å²) < 4.78 is 5.32. The van der Waals surface area contributed by atoms with E-state index in [-0.39, 0.29) is 15.1 Å². The second-order valence-electron chi connectivity index (χ2n) is 1.89. The molecule has 1 rings (SSSR count). The molecule has 0 bridgehead atoms. The molecule has 1 aromatic rings. The van der Waals surface area contributed by atoms with Gasteiger partial charge in [-0.25, -0.2) is 0 Å². The summed E-state index contributed by atoms with van der Waals surface area (Å²) >= 11 is 18.0. The fourth-order valence-corrected chi connectivity index (χ4v) is 2.30. The van der Waals surface area contributed by atoms with Gasteiger partial charge < -0.3 is 4.74 Å². The molecule has 0 aliphatic rings. The monoisotopic (exact) mass is 244 g/mol. The Balaban J connectivity index is 3.05. The fraction of sp³-hybridized carbons (Fsp3) is 0.167. The minimum Gasteiger partial charge on any atom is -0.423 e. The van der Waals surface area contributed by atoms with Crippen LogP contribution in [0.5, 0.6) is 5.75 Å². The Bertz CT molecular complexity index is 321. The van der Waals surface area contributed by atoms with Crippen LogP contribution in [0.3, 0.4) is 0 Å². The van der Waals surface area contributed by atoms with Gasteiger partial charge in [0, 0.05) is 6.92 Å². The summed E-state index contributed by atoms with van der Waals surface area (Å²) in [5.74, 6) is -0.339. The first-order valence-electron chi connectivity index (χ1n) is 2.84. The lowest BCUT2D eigenvalue weighted by atomic mass is 10.6. The van der Waals surface area contributed by atoms with Gasteiger partial charge in [0.15, 0.2) is 5.75 Å². The second kappa shape index (κ2) is 3.83. The van der Waals surface area contributed by atoms with E-state index in [1.807, 2.05) is 0 Å². The van der Waals surface area contributed by atoms with Crippen molar-refractivity contribution in [2.75, 3.05) is 0 Å². The Labute approximate surface area is 88.0 Å². The van der Waals surface area contributed by atoms with Crippen LogP contribution >= 0.6 is 46.1 Å².